The van der Waals surface area contributed by atoms with Crippen molar-refractivity contribution in [1.29, 1.82) is 0 Å². The van der Waals surface area contributed by atoms with Crippen LogP contribution in [-0.4, -0.2) is 24.3 Å². The van der Waals surface area contributed by atoms with Crippen molar-refractivity contribution in [3.05, 3.63) is 0 Å². The monoisotopic (exact) mass is 128 g/mol. The molecule has 2 rings (SSSR count). The number of hydrogen-bond acceptors (Lipinski definition) is 3. The van der Waals surface area contributed by atoms with Crippen LogP contribution in [0.5, 0.6) is 0 Å². The van der Waals surface area contributed by atoms with Gasteiger partial charge in [0.05, 0.1) is 0 Å². The summed E-state index contributed by atoms with van der Waals surface area (Å²) in [7, 11) is 0. The third-order valence-corrected chi connectivity index (χ3v) is 1.26. The van der Waals surface area contributed by atoms with Crippen LogP contribution in [-0.2, 0) is 9.53 Å². The molecule has 0 aromatic carbocycles. The number of amides is 3. The second-order valence-corrected chi connectivity index (χ2v) is 1.94. The Kier molecular flexibility index (Phi) is 0.656. The van der Waals surface area contributed by atoms with Gasteiger partial charge in [0, 0.05) is 0 Å². The van der Waals surface area contributed by atoms with Gasteiger partial charge in [0.25, 0.3) is 5.91 Å². The van der Waals surface area contributed by atoms with Gasteiger partial charge in [-0.3, -0.25) is 10.1 Å². The third kappa shape index (κ3) is 0.580. The first kappa shape index (κ1) is 4.75. The van der Waals surface area contributed by atoms with Crippen LogP contribution in [0, 0.1) is 0 Å². The summed E-state index contributed by atoms with van der Waals surface area (Å²) in [5.74, 6) is -0.344. The quantitative estimate of drug-likeness (QED) is 0.392. The Morgan fingerprint density at radius 1 is 1.44 bits per heavy atom. The zero-order valence-corrected chi connectivity index (χ0v) is 4.38. The number of nitrogens with one attached hydrogen (secondary N) is 2. The first-order valence-corrected chi connectivity index (χ1v) is 2.54. The maximum Gasteiger partial charge on any atom is 0.323 e. The molecule has 0 aromatic heterocycles. The van der Waals surface area contributed by atoms with Gasteiger partial charge in [-0.1, -0.05) is 0 Å². The Morgan fingerprint density at radius 2 is 2.22 bits per heavy atom. The maximum atomic E-state index is 10.5. The van der Waals surface area contributed by atoms with Gasteiger partial charge in [0.2, 0.25) is 0 Å². The topological polar surface area (TPSA) is 70.7 Å². The normalized spacial score (nSPS) is 38.7. The SMILES string of the molecule is O=C1NC(=O)C2OC2N1. The summed E-state index contributed by atoms with van der Waals surface area (Å²) < 4.78 is 4.72. The van der Waals surface area contributed by atoms with E-state index in [0.29, 0.717) is 0 Å². The van der Waals surface area contributed by atoms with Crippen LogP contribution in [0.2, 0.25) is 0 Å². The molecule has 2 aliphatic heterocycles. The highest BCUT2D eigenvalue weighted by molar-refractivity contribution is 6.01. The molecular formula is C4H4N2O3. The van der Waals surface area contributed by atoms with Crippen LogP contribution in [0.15, 0.2) is 0 Å². The summed E-state index contributed by atoms with van der Waals surface area (Å²) in [5.41, 5.74) is 0. The lowest BCUT2D eigenvalue weighted by Crippen LogP contribution is -2.49. The fraction of sp³-hybridized carbons (Fsp3) is 0.500. The molecule has 5 heteroatoms. The van der Waals surface area contributed by atoms with E-state index in [1.807, 2.05) is 0 Å². The molecule has 0 aliphatic carbocycles. The van der Waals surface area contributed by atoms with Gasteiger partial charge in [-0.15, -0.1) is 0 Å². The predicted octanol–water partition coefficient (Wildman–Crippen LogP) is -1.45. The number of carbonyl (C=O) groups excluding carboxylic acids is 2. The number of ether oxygens (including phenoxy) is 1. The van der Waals surface area contributed by atoms with E-state index < -0.39 is 12.1 Å². The zero-order chi connectivity index (χ0) is 6.43. The minimum Gasteiger partial charge on any atom is -0.337 e. The van der Waals surface area contributed by atoms with E-state index in [9.17, 15) is 9.59 Å². The van der Waals surface area contributed by atoms with Gasteiger partial charge in [-0.25, -0.2) is 4.79 Å². The third-order valence-electron chi connectivity index (χ3n) is 1.26. The molecule has 2 fully saturated rings. The number of fused-ring (bicyclic) bond motifs is 1. The summed E-state index contributed by atoms with van der Waals surface area (Å²) >= 11 is 0. The average molecular weight is 128 g/mol. The second kappa shape index (κ2) is 1.24. The van der Waals surface area contributed by atoms with Crippen molar-refractivity contribution in [3.8, 4) is 0 Å². The molecule has 3 amide bonds. The molecule has 0 spiro atoms. The smallest absolute Gasteiger partial charge is 0.323 e. The van der Waals surface area contributed by atoms with Crippen LogP contribution >= 0.6 is 0 Å². The van der Waals surface area contributed by atoms with E-state index in [0.717, 1.165) is 0 Å². The van der Waals surface area contributed by atoms with E-state index in [-0.39, 0.29) is 12.1 Å². The van der Waals surface area contributed by atoms with E-state index >= 15 is 0 Å². The van der Waals surface area contributed by atoms with Crippen LogP contribution in [0.4, 0.5) is 4.79 Å². The lowest BCUT2D eigenvalue weighted by Gasteiger charge is -2.05. The fourth-order valence-corrected chi connectivity index (χ4v) is 0.770. The molecule has 5 nitrogen and oxygen atoms in total. The first-order valence-electron chi connectivity index (χ1n) is 2.54. The van der Waals surface area contributed by atoms with Crippen molar-refractivity contribution in [2.45, 2.75) is 12.3 Å². The van der Waals surface area contributed by atoms with Gasteiger partial charge in [-0.05, 0) is 0 Å². The molecule has 0 radical (unpaired) electrons. The standard InChI is InChI=1S/C4H4N2O3/c7-2-1-3(9-1)6-4(8)5-2/h1,3H,(H2,5,6,7,8). The lowest BCUT2D eigenvalue weighted by molar-refractivity contribution is -0.121. The molecule has 0 saturated carbocycles. The van der Waals surface area contributed by atoms with Gasteiger partial charge in [0.15, 0.2) is 12.3 Å². The minimum absolute atomic E-state index is 0.344. The van der Waals surface area contributed by atoms with Crippen LogP contribution < -0.4 is 10.6 Å². The molecule has 9 heavy (non-hydrogen) atoms. The molecule has 48 valence electrons. The van der Waals surface area contributed by atoms with Crippen molar-refractivity contribution < 1.29 is 14.3 Å². The number of carbonyl (C=O) groups is 2. The molecule has 2 aliphatic rings. The fourth-order valence-electron chi connectivity index (χ4n) is 0.770. The summed E-state index contributed by atoms with van der Waals surface area (Å²) in [4.78, 5) is 20.9. The Labute approximate surface area is 50.4 Å². The van der Waals surface area contributed by atoms with Crippen molar-refractivity contribution in [2.24, 2.45) is 0 Å². The van der Waals surface area contributed by atoms with E-state index in [2.05, 4.69) is 10.6 Å². The molecule has 2 N–H and O–H groups in total. The summed E-state index contributed by atoms with van der Waals surface area (Å²) in [6.07, 6.45) is -0.783. The van der Waals surface area contributed by atoms with E-state index in [4.69, 9.17) is 4.74 Å². The average Bonchev–Trinajstić information content (AvgIpc) is 2.43. The van der Waals surface area contributed by atoms with E-state index in [1.165, 1.54) is 0 Å². The number of rotatable bonds is 0. The zero-order valence-electron chi connectivity index (χ0n) is 4.38. The molecule has 0 aromatic rings. The summed E-state index contributed by atoms with van der Waals surface area (Å²) in [6.45, 7) is 0. The van der Waals surface area contributed by atoms with Crippen LogP contribution in [0.3, 0.4) is 0 Å². The highest BCUT2D eigenvalue weighted by Crippen LogP contribution is 2.21. The molecule has 2 unspecified atom stereocenters. The Morgan fingerprint density at radius 3 is 2.89 bits per heavy atom. The second-order valence-electron chi connectivity index (χ2n) is 1.94. The lowest BCUT2D eigenvalue weighted by atomic mass is 10.3. The van der Waals surface area contributed by atoms with Crippen LogP contribution in [0.25, 0.3) is 0 Å². The van der Waals surface area contributed by atoms with Crippen molar-refractivity contribution in [2.75, 3.05) is 0 Å². The predicted molar refractivity (Wildman–Crippen MR) is 25.3 cm³/mol. The highest BCUT2D eigenvalue weighted by atomic mass is 16.6. The first-order chi connectivity index (χ1) is 4.27. The largest absolute Gasteiger partial charge is 0.337 e. The minimum atomic E-state index is -0.473. The molecule has 0 bridgehead atoms. The molecule has 2 heterocycles. The number of epoxide rings is 1. The molecular weight excluding hydrogens is 124 g/mol. The number of urea groups is 1. The van der Waals surface area contributed by atoms with Gasteiger partial charge >= 0.3 is 6.03 Å². The van der Waals surface area contributed by atoms with Crippen molar-refractivity contribution in [1.82, 2.24) is 10.6 Å². The Bertz CT molecular complexity index is 190. The van der Waals surface area contributed by atoms with Gasteiger partial charge < -0.3 is 10.1 Å². The molecule has 2 atom stereocenters. The maximum absolute atomic E-state index is 10.5. The number of imide groups is 1. The van der Waals surface area contributed by atoms with Gasteiger partial charge in [-0.2, -0.15) is 0 Å². The Balaban J connectivity index is 2.15. The highest BCUT2D eigenvalue weighted by Gasteiger charge is 2.50. The summed E-state index contributed by atoms with van der Waals surface area (Å²) in [6, 6.07) is -0.473. The number of hydrogen-bond donors (Lipinski definition) is 2. The van der Waals surface area contributed by atoms with Gasteiger partial charge in [0.1, 0.15) is 0 Å². The Hall–Kier alpha value is -1.10. The van der Waals surface area contributed by atoms with Crippen LogP contribution in [0.1, 0.15) is 0 Å². The summed E-state index contributed by atoms with van der Waals surface area (Å²) in [5, 5.41) is 4.45. The van der Waals surface area contributed by atoms with E-state index in [1.54, 1.807) is 0 Å². The molecule has 2 saturated heterocycles. The van der Waals surface area contributed by atoms with Crippen molar-refractivity contribution in [3.63, 3.8) is 0 Å². The van der Waals surface area contributed by atoms with Crippen molar-refractivity contribution >= 4 is 11.9 Å².